The lowest BCUT2D eigenvalue weighted by molar-refractivity contribution is -0.150. The van der Waals surface area contributed by atoms with Crippen LogP contribution in [0.4, 0.5) is 0 Å². The average Bonchev–Trinajstić information content (AvgIpc) is 2.65. The van der Waals surface area contributed by atoms with E-state index in [9.17, 15) is 9.59 Å². The maximum Gasteiger partial charge on any atom is 0.331 e. The highest BCUT2D eigenvalue weighted by atomic mass is 16.5. The number of rotatable bonds is 8. The normalized spacial score (nSPS) is 11.6. The molecule has 2 aromatic rings. The van der Waals surface area contributed by atoms with Crippen molar-refractivity contribution in [1.82, 2.24) is 5.32 Å². The third kappa shape index (κ3) is 6.28. The molecule has 1 amide bonds. The van der Waals surface area contributed by atoms with Crippen molar-refractivity contribution in [1.29, 1.82) is 0 Å². The third-order valence-corrected chi connectivity index (χ3v) is 3.33. The van der Waals surface area contributed by atoms with Gasteiger partial charge in [-0.15, -0.1) is 6.58 Å². The molecule has 0 unspecified atom stereocenters. The topological polar surface area (TPSA) is 64.6 Å². The van der Waals surface area contributed by atoms with Gasteiger partial charge in [0.1, 0.15) is 11.5 Å². The van der Waals surface area contributed by atoms with E-state index in [-0.39, 0.29) is 5.91 Å². The average molecular weight is 351 g/mol. The number of benzene rings is 2. The molecule has 0 fully saturated rings. The fourth-order valence-electron chi connectivity index (χ4n) is 2.05. The van der Waals surface area contributed by atoms with Gasteiger partial charge in [-0.25, -0.2) is 4.79 Å². The number of ether oxygens (including phenoxy) is 2. The van der Waals surface area contributed by atoms with Gasteiger partial charge in [-0.1, -0.05) is 36.4 Å². The molecule has 26 heavy (non-hydrogen) atoms. The van der Waals surface area contributed by atoms with Crippen LogP contribution in [0.25, 0.3) is 6.08 Å². The summed E-state index contributed by atoms with van der Waals surface area (Å²) >= 11 is 0. The molecule has 1 atom stereocenters. The van der Waals surface area contributed by atoms with Gasteiger partial charge in [0, 0.05) is 12.6 Å². The number of esters is 1. The van der Waals surface area contributed by atoms with Gasteiger partial charge in [-0.2, -0.15) is 0 Å². The summed E-state index contributed by atoms with van der Waals surface area (Å²) in [6.07, 6.45) is 3.56. The van der Waals surface area contributed by atoms with Gasteiger partial charge in [0.15, 0.2) is 6.10 Å². The Morgan fingerprint density at radius 2 is 1.85 bits per heavy atom. The Hall–Kier alpha value is -3.34. The highest BCUT2D eigenvalue weighted by Gasteiger charge is 2.15. The van der Waals surface area contributed by atoms with E-state index in [1.54, 1.807) is 18.2 Å². The molecule has 0 saturated carbocycles. The van der Waals surface area contributed by atoms with Crippen molar-refractivity contribution in [3.05, 3.63) is 78.9 Å². The van der Waals surface area contributed by atoms with Gasteiger partial charge >= 0.3 is 5.97 Å². The van der Waals surface area contributed by atoms with Gasteiger partial charge in [0.25, 0.3) is 5.91 Å². The maximum absolute atomic E-state index is 11.8. The Morgan fingerprint density at radius 1 is 1.12 bits per heavy atom. The smallest absolute Gasteiger partial charge is 0.331 e. The zero-order valence-electron chi connectivity index (χ0n) is 14.6. The van der Waals surface area contributed by atoms with Gasteiger partial charge < -0.3 is 14.8 Å². The fourth-order valence-corrected chi connectivity index (χ4v) is 2.05. The van der Waals surface area contributed by atoms with Crippen LogP contribution >= 0.6 is 0 Å². The Kier molecular flexibility index (Phi) is 7.18. The molecule has 0 spiro atoms. The molecule has 0 aliphatic rings. The molecule has 0 aromatic heterocycles. The highest BCUT2D eigenvalue weighted by Crippen LogP contribution is 2.22. The molecule has 134 valence electrons. The van der Waals surface area contributed by atoms with Crippen molar-refractivity contribution in [3.63, 3.8) is 0 Å². The Bertz CT molecular complexity index is 784. The summed E-state index contributed by atoms with van der Waals surface area (Å²) in [5, 5.41) is 2.57. The van der Waals surface area contributed by atoms with Crippen LogP contribution in [0.5, 0.6) is 11.5 Å². The van der Waals surface area contributed by atoms with Crippen molar-refractivity contribution in [2.45, 2.75) is 13.0 Å². The molecular formula is C21H21NO4. The molecule has 2 rings (SSSR count). The summed E-state index contributed by atoms with van der Waals surface area (Å²) in [5.41, 5.74) is 0.777. The number of carbonyl (C=O) groups excluding carboxylic acids is 2. The zero-order chi connectivity index (χ0) is 18.8. The van der Waals surface area contributed by atoms with E-state index in [0.29, 0.717) is 12.3 Å². The minimum atomic E-state index is -0.875. The summed E-state index contributed by atoms with van der Waals surface area (Å²) in [5.74, 6) is 0.418. The molecule has 5 nitrogen and oxygen atoms in total. The SMILES string of the molecule is C=CCNC(=O)[C@@H](C)OC(=O)/C=C/c1cccc(Oc2ccccc2)c1. The van der Waals surface area contributed by atoms with Crippen LogP contribution in [0.3, 0.4) is 0 Å². The fraction of sp³-hybridized carbons (Fsp3) is 0.143. The summed E-state index contributed by atoms with van der Waals surface area (Å²) in [6.45, 7) is 5.34. The van der Waals surface area contributed by atoms with Crippen LogP contribution in [0.1, 0.15) is 12.5 Å². The van der Waals surface area contributed by atoms with Gasteiger partial charge in [0.2, 0.25) is 0 Å². The second-order valence-electron chi connectivity index (χ2n) is 5.43. The van der Waals surface area contributed by atoms with Crippen molar-refractivity contribution >= 4 is 18.0 Å². The van der Waals surface area contributed by atoms with E-state index in [0.717, 1.165) is 11.3 Å². The van der Waals surface area contributed by atoms with Crippen LogP contribution in [0.2, 0.25) is 0 Å². The summed E-state index contributed by atoms with van der Waals surface area (Å²) in [6, 6.07) is 16.7. The van der Waals surface area contributed by atoms with Crippen LogP contribution in [-0.4, -0.2) is 24.5 Å². The predicted octanol–water partition coefficient (Wildman–Crippen LogP) is 3.73. The van der Waals surface area contributed by atoms with Gasteiger partial charge in [-0.05, 0) is 42.8 Å². The summed E-state index contributed by atoms with van der Waals surface area (Å²) in [7, 11) is 0. The number of para-hydroxylation sites is 1. The predicted molar refractivity (Wildman–Crippen MR) is 101 cm³/mol. The third-order valence-electron chi connectivity index (χ3n) is 3.33. The zero-order valence-corrected chi connectivity index (χ0v) is 14.6. The molecular weight excluding hydrogens is 330 g/mol. The van der Waals surface area contributed by atoms with Crippen molar-refractivity contribution in [2.75, 3.05) is 6.54 Å². The van der Waals surface area contributed by atoms with E-state index >= 15 is 0 Å². The minimum Gasteiger partial charge on any atom is -0.457 e. The first-order valence-corrected chi connectivity index (χ1v) is 8.19. The lowest BCUT2D eigenvalue weighted by Gasteiger charge is -2.11. The molecule has 0 aliphatic carbocycles. The van der Waals surface area contributed by atoms with Crippen molar-refractivity contribution < 1.29 is 19.1 Å². The first kappa shape index (κ1) is 19.0. The monoisotopic (exact) mass is 351 g/mol. The number of amides is 1. The van der Waals surface area contributed by atoms with Gasteiger partial charge in [0.05, 0.1) is 0 Å². The number of hydrogen-bond acceptors (Lipinski definition) is 4. The van der Waals surface area contributed by atoms with Crippen LogP contribution in [0.15, 0.2) is 73.3 Å². The largest absolute Gasteiger partial charge is 0.457 e. The lowest BCUT2D eigenvalue weighted by atomic mass is 10.2. The highest BCUT2D eigenvalue weighted by molar-refractivity contribution is 5.90. The molecule has 2 aromatic carbocycles. The summed E-state index contributed by atoms with van der Waals surface area (Å²) < 4.78 is 10.8. The lowest BCUT2D eigenvalue weighted by Crippen LogP contribution is -2.35. The Balaban J connectivity index is 1.93. The van der Waals surface area contributed by atoms with E-state index in [4.69, 9.17) is 9.47 Å². The Morgan fingerprint density at radius 3 is 2.58 bits per heavy atom. The first-order valence-electron chi connectivity index (χ1n) is 8.19. The van der Waals surface area contributed by atoms with E-state index in [1.807, 2.05) is 48.5 Å². The number of carbonyl (C=O) groups is 2. The number of hydrogen-bond donors (Lipinski definition) is 1. The second-order valence-corrected chi connectivity index (χ2v) is 5.43. The van der Waals surface area contributed by atoms with Crippen LogP contribution < -0.4 is 10.1 Å². The molecule has 0 bridgehead atoms. The van der Waals surface area contributed by atoms with E-state index < -0.39 is 12.1 Å². The molecule has 1 N–H and O–H groups in total. The van der Waals surface area contributed by atoms with Crippen molar-refractivity contribution in [3.8, 4) is 11.5 Å². The molecule has 0 radical (unpaired) electrons. The Labute approximate surface area is 152 Å². The first-order chi connectivity index (χ1) is 12.6. The quantitative estimate of drug-likeness (QED) is 0.447. The van der Waals surface area contributed by atoms with Crippen LogP contribution in [-0.2, 0) is 14.3 Å². The summed E-state index contributed by atoms with van der Waals surface area (Å²) in [4.78, 5) is 23.5. The number of nitrogens with one attached hydrogen (secondary N) is 1. The van der Waals surface area contributed by atoms with E-state index in [1.165, 1.54) is 13.0 Å². The minimum absolute atomic E-state index is 0.324. The molecule has 0 saturated heterocycles. The molecule has 0 heterocycles. The van der Waals surface area contributed by atoms with Crippen LogP contribution in [0, 0.1) is 0 Å². The molecule has 0 aliphatic heterocycles. The van der Waals surface area contributed by atoms with Crippen molar-refractivity contribution in [2.24, 2.45) is 0 Å². The van der Waals surface area contributed by atoms with Gasteiger partial charge in [-0.3, -0.25) is 4.79 Å². The maximum atomic E-state index is 11.8. The molecule has 5 heteroatoms. The second kappa shape index (κ2) is 9.84. The standard InChI is InChI=1S/C21H21NO4/c1-3-14-22-21(24)16(2)25-20(23)13-12-17-8-7-11-19(15-17)26-18-9-5-4-6-10-18/h3-13,15-16H,1,14H2,2H3,(H,22,24)/b13-12+/t16-/m1/s1. The van der Waals surface area contributed by atoms with E-state index in [2.05, 4.69) is 11.9 Å².